The first-order valence-corrected chi connectivity index (χ1v) is 7.52. The van der Waals surface area contributed by atoms with E-state index in [9.17, 15) is 4.79 Å². The Bertz CT molecular complexity index is 476. The topological polar surface area (TPSA) is 81.5 Å². The Kier molecular flexibility index (Phi) is 5.19. The molecule has 0 bridgehead atoms. The van der Waals surface area contributed by atoms with Crippen molar-refractivity contribution in [2.24, 2.45) is 0 Å². The number of aromatic amines is 1. The van der Waals surface area contributed by atoms with E-state index in [1.807, 2.05) is 11.8 Å². The number of hydrogen-bond donors (Lipinski definition) is 2. The van der Waals surface area contributed by atoms with Gasteiger partial charge in [-0.3, -0.25) is 14.8 Å². The molecule has 1 fully saturated rings. The molecule has 1 aliphatic rings. The van der Waals surface area contributed by atoms with Gasteiger partial charge in [-0.1, -0.05) is 6.92 Å². The van der Waals surface area contributed by atoms with Crippen molar-refractivity contribution in [1.82, 2.24) is 24.9 Å². The van der Waals surface area contributed by atoms with Crippen LogP contribution in [0.4, 0.5) is 5.69 Å². The molecule has 0 radical (unpaired) electrons. The Morgan fingerprint density at radius 3 is 2.52 bits per heavy atom. The van der Waals surface area contributed by atoms with E-state index in [2.05, 4.69) is 34.1 Å². The van der Waals surface area contributed by atoms with Crippen molar-refractivity contribution < 1.29 is 4.79 Å². The van der Waals surface area contributed by atoms with Gasteiger partial charge in [0.05, 0.1) is 11.4 Å². The highest BCUT2D eigenvalue weighted by molar-refractivity contribution is 5.97. The summed E-state index contributed by atoms with van der Waals surface area (Å²) in [7, 11) is 4.15. The third kappa shape index (κ3) is 3.74. The van der Waals surface area contributed by atoms with Crippen LogP contribution in [0.15, 0.2) is 0 Å². The molecule has 0 spiro atoms. The van der Waals surface area contributed by atoms with E-state index in [0.29, 0.717) is 11.4 Å². The Hall–Kier alpha value is -1.60. The number of anilines is 1. The lowest BCUT2D eigenvalue weighted by Crippen LogP contribution is -2.50. The van der Waals surface area contributed by atoms with Crippen LogP contribution in [0.2, 0.25) is 0 Å². The summed E-state index contributed by atoms with van der Waals surface area (Å²) in [5.41, 5.74) is 7.68. The first-order valence-electron chi connectivity index (χ1n) is 7.52. The lowest BCUT2D eigenvalue weighted by molar-refractivity contribution is 0.0625. The van der Waals surface area contributed by atoms with Crippen molar-refractivity contribution in [2.45, 2.75) is 13.3 Å². The number of nitrogens with zero attached hydrogens (tertiary/aromatic N) is 4. The maximum Gasteiger partial charge on any atom is 0.276 e. The van der Waals surface area contributed by atoms with Gasteiger partial charge in [0.1, 0.15) is 0 Å². The predicted octanol–water partition coefficient (Wildman–Crippen LogP) is -0.126. The molecule has 0 unspecified atom stereocenters. The van der Waals surface area contributed by atoms with Crippen LogP contribution in [-0.4, -0.2) is 84.2 Å². The summed E-state index contributed by atoms with van der Waals surface area (Å²) in [5.74, 6) is -0.0595. The van der Waals surface area contributed by atoms with Gasteiger partial charge < -0.3 is 15.5 Å². The van der Waals surface area contributed by atoms with Crippen molar-refractivity contribution in [3.63, 3.8) is 0 Å². The number of nitrogens with two attached hydrogens (primary N) is 1. The fraction of sp³-hybridized carbons (Fsp3) is 0.714. The molecular weight excluding hydrogens is 268 g/mol. The molecule has 1 aromatic rings. The number of carbonyl (C=O) groups excluding carboxylic acids is 1. The second kappa shape index (κ2) is 6.91. The van der Waals surface area contributed by atoms with E-state index in [4.69, 9.17) is 5.73 Å². The fourth-order valence-corrected chi connectivity index (χ4v) is 2.49. The van der Waals surface area contributed by atoms with Crippen LogP contribution in [0, 0.1) is 0 Å². The summed E-state index contributed by atoms with van der Waals surface area (Å²) in [5, 5.41) is 6.93. The minimum absolute atomic E-state index is 0.0595. The molecule has 3 N–H and O–H groups in total. The molecule has 0 saturated carbocycles. The SMILES string of the molecule is CCc1[nH]nc(C(=O)N2CCN(CCN(C)C)CC2)c1N. The minimum atomic E-state index is -0.0595. The molecule has 118 valence electrons. The minimum Gasteiger partial charge on any atom is -0.395 e. The first kappa shape index (κ1) is 15.8. The second-order valence-corrected chi connectivity index (χ2v) is 5.76. The highest BCUT2D eigenvalue weighted by Crippen LogP contribution is 2.17. The van der Waals surface area contributed by atoms with Crippen molar-refractivity contribution in [3.8, 4) is 0 Å². The molecule has 7 heteroatoms. The maximum absolute atomic E-state index is 12.5. The third-order valence-corrected chi connectivity index (χ3v) is 3.96. The van der Waals surface area contributed by atoms with Crippen LogP contribution in [0.3, 0.4) is 0 Å². The van der Waals surface area contributed by atoms with E-state index in [1.165, 1.54) is 0 Å². The summed E-state index contributed by atoms with van der Waals surface area (Å²) < 4.78 is 0. The van der Waals surface area contributed by atoms with Gasteiger partial charge in [-0.15, -0.1) is 0 Å². The largest absolute Gasteiger partial charge is 0.395 e. The lowest BCUT2D eigenvalue weighted by Gasteiger charge is -2.34. The second-order valence-electron chi connectivity index (χ2n) is 5.76. The molecule has 1 aliphatic heterocycles. The van der Waals surface area contributed by atoms with Gasteiger partial charge in [0, 0.05) is 39.3 Å². The summed E-state index contributed by atoms with van der Waals surface area (Å²) in [6, 6.07) is 0. The Balaban J connectivity index is 1.89. The molecule has 1 aromatic heterocycles. The first-order chi connectivity index (χ1) is 10.0. The molecule has 2 rings (SSSR count). The Morgan fingerprint density at radius 1 is 1.33 bits per heavy atom. The summed E-state index contributed by atoms with van der Waals surface area (Å²) in [6.07, 6.45) is 0.754. The normalized spacial score (nSPS) is 16.7. The average molecular weight is 294 g/mol. The molecule has 7 nitrogen and oxygen atoms in total. The van der Waals surface area contributed by atoms with Gasteiger partial charge in [-0.2, -0.15) is 5.10 Å². The Morgan fingerprint density at radius 2 is 2.00 bits per heavy atom. The number of aryl methyl sites for hydroxylation is 1. The molecule has 21 heavy (non-hydrogen) atoms. The number of aromatic nitrogens is 2. The molecule has 1 amide bonds. The quantitative estimate of drug-likeness (QED) is 0.791. The number of carbonyl (C=O) groups is 1. The number of likely N-dealkylation sites (N-methyl/N-ethyl adjacent to an activating group) is 1. The van der Waals surface area contributed by atoms with Crippen LogP contribution in [-0.2, 0) is 6.42 Å². The number of amides is 1. The van der Waals surface area contributed by atoms with Gasteiger partial charge in [-0.25, -0.2) is 0 Å². The molecule has 0 atom stereocenters. The number of H-pyrrole nitrogens is 1. The van der Waals surface area contributed by atoms with E-state index in [-0.39, 0.29) is 5.91 Å². The van der Waals surface area contributed by atoms with Crippen molar-refractivity contribution >= 4 is 11.6 Å². The average Bonchev–Trinajstić information content (AvgIpc) is 2.85. The van der Waals surface area contributed by atoms with E-state index < -0.39 is 0 Å². The zero-order valence-corrected chi connectivity index (χ0v) is 13.2. The summed E-state index contributed by atoms with van der Waals surface area (Å²) in [6.45, 7) is 7.36. The predicted molar refractivity (Wildman–Crippen MR) is 83.3 cm³/mol. The standard InChI is InChI=1S/C14H26N6O/c1-4-11-12(15)13(17-16-11)14(21)20-9-7-19(8-10-20)6-5-18(2)3/h4-10,15H2,1-3H3,(H,16,17). The van der Waals surface area contributed by atoms with Crippen molar-refractivity contribution in [2.75, 3.05) is 59.1 Å². The number of nitrogen functional groups attached to an aromatic ring is 1. The van der Waals surface area contributed by atoms with Crippen LogP contribution < -0.4 is 5.73 Å². The highest BCUT2D eigenvalue weighted by Gasteiger charge is 2.25. The zero-order chi connectivity index (χ0) is 15.4. The van der Waals surface area contributed by atoms with Crippen LogP contribution in [0.25, 0.3) is 0 Å². The van der Waals surface area contributed by atoms with E-state index >= 15 is 0 Å². The number of nitrogens with one attached hydrogen (secondary N) is 1. The summed E-state index contributed by atoms with van der Waals surface area (Å²) in [4.78, 5) is 18.9. The highest BCUT2D eigenvalue weighted by atomic mass is 16.2. The monoisotopic (exact) mass is 294 g/mol. The lowest BCUT2D eigenvalue weighted by atomic mass is 10.2. The maximum atomic E-state index is 12.5. The smallest absolute Gasteiger partial charge is 0.276 e. The molecule has 0 aromatic carbocycles. The van der Waals surface area contributed by atoms with E-state index in [0.717, 1.165) is 51.4 Å². The van der Waals surface area contributed by atoms with E-state index in [1.54, 1.807) is 0 Å². The molecule has 1 saturated heterocycles. The zero-order valence-electron chi connectivity index (χ0n) is 13.2. The van der Waals surface area contributed by atoms with Gasteiger partial charge in [0.25, 0.3) is 5.91 Å². The molecule has 0 aliphatic carbocycles. The number of hydrogen-bond acceptors (Lipinski definition) is 5. The van der Waals surface area contributed by atoms with Crippen LogP contribution in [0.1, 0.15) is 23.1 Å². The van der Waals surface area contributed by atoms with Gasteiger partial charge >= 0.3 is 0 Å². The number of rotatable bonds is 5. The Labute approximate surface area is 126 Å². The summed E-state index contributed by atoms with van der Waals surface area (Å²) >= 11 is 0. The van der Waals surface area contributed by atoms with Crippen LogP contribution in [0.5, 0.6) is 0 Å². The third-order valence-electron chi connectivity index (χ3n) is 3.96. The number of piperazine rings is 1. The van der Waals surface area contributed by atoms with Crippen LogP contribution >= 0.6 is 0 Å². The van der Waals surface area contributed by atoms with Gasteiger partial charge in [-0.05, 0) is 20.5 Å². The molecular formula is C14H26N6O. The van der Waals surface area contributed by atoms with Crippen molar-refractivity contribution in [3.05, 3.63) is 11.4 Å². The van der Waals surface area contributed by atoms with Gasteiger partial charge in [0.2, 0.25) is 0 Å². The van der Waals surface area contributed by atoms with Gasteiger partial charge in [0.15, 0.2) is 5.69 Å². The fourth-order valence-electron chi connectivity index (χ4n) is 2.49. The molecule has 2 heterocycles. The van der Waals surface area contributed by atoms with Crippen molar-refractivity contribution in [1.29, 1.82) is 0 Å².